The van der Waals surface area contributed by atoms with E-state index in [9.17, 15) is 40.3 Å². The van der Waals surface area contributed by atoms with Crippen LogP contribution in [0.2, 0.25) is 5.02 Å². The summed E-state index contributed by atoms with van der Waals surface area (Å²) < 4.78 is 89.5. The number of aromatic hydroxyl groups is 1. The molecule has 0 atom stereocenters. The number of rotatable bonds is 4. The summed E-state index contributed by atoms with van der Waals surface area (Å²) in [4.78, 5) is 12.1. The van der Waals surface area contributed by atoms with E-state index >= 15 is 0 Å². The molecule has 0 aliphatic rings. The molecule has 0 aromatic heterocycles. The molecule has 12 heteroatoms. The minimum Gasteiger partial charge on any atom is -0.507 e. The van der Waals surface area contributed by atoms with Crippen molar-refractivity contribution in [2.45, 2.75) is 43.5 Å². The number of phenolic OH excluding ortho intramolecular Hbond substituents is 1. The zero-order valence-corrected chi connectivity index (χ0v) is 21.5. The smallest absolute Gasteiger partial charge is 0.501 e. The molecule has 3 rings (SSSR count). The van der Waals surface area contributed by atoms with Gasteiger partial charge in [-0.2, -0.15) is 13.2 Å². The normalized spacial score (nSPS) is 12.5. The van der Waals surface area contributed by atoms with Gasteiger partial charge >= 0.3 is 5.51 Å². The van der Waals surface area contributed by atoms with Crippen molar-refractivity contribution in [2.75, 3.05) is 5.32 Å². The first-order chi connectivity index (χ1) is 16.9. The number of benzene rings is 3. The van der Waals surface area contributed by atoms with E-state index in [-0.39, 0.29) is 22.4 Å². The SMILES string of the molecule is Cc1c(-c2ccc(F)c(F)c2)cc(C(C)(C)C)c(O)c1C(=O)Nc1ccc(S(=O)(=O)C(F)(F)F)c(Cl)c1. The lowest BCUT2D eigenvalue weighted by Gasteiger charge is -2.25. The molecule has 0 spiro atoms. The number of sulfone groups is 1. The monoisotopic (exact) mass is 561 g/mol. The van der Waals surface area contributed by atoms with Crippen LogP contribution in [0.1, 0.15) is 42.3 Å². The highest BCUT2D eigenvalue weighted by molar-refractivity contribution is 7.92. The van der Waals surface area contributed by atoms with Gasteiger partial charge in [0.25, 0.3) is 15.7 Å². The fourth-order valence-corrected chi connectivity index (χ4v) is 4.99. The Kier molecular flexibility index (Phi) is 7.37. The second-order valence-electron chi connectivity index (χ2n) is 9.25. The van der Waals surface area contributed by atoms with Crippen LogP contribution in [0.3, 0.4) is 0 Å². The maximum atomic E-state index is 14.0. The quantitative estimate of drug-likeness (QED) is 0.332. The number of nitrogens with one attached hydrogen (secondary N) is 1. The van der Waals surface area contributed by atoms with Crippen molar-refractivity contribution in [1.82, 2.24) is 0 Å². The maximum absolute atomic E-state index is 14.0. The van der Waals surface area contributed by atoms with Crippen molar-refractivity contribution in [3.8, 4) is 16.9 Å². The highest BCUT2D eigenvalue weighted by Gasteiger charge is 2.47. The van der Waals surface area contributed by atoms with E-state index in [1.807, 2.05) is 0 Å². The molecule has 1 amide bonds. The van der Waals surface area contributed by atoms with E-state index in [2.05, 4.69) is 5.32 Å². The third-order valence-electron chi connectivity index (χ3n) is 5.61. The molecule has 3 aromatic carbocycles. The molecule has 3 aromatic rings. The van der Waals surface area contributed by atoms with Gasteiger partial charge in [0.1, 0.15) is 5.75 Å². The fraction of sp³-hybridized carbons (Fsp3) is 0.240. The summed E-state index contributed by atoms with van der Waals surface area (Å²) in [7, 11) is -5.72. The van der Waals surface area contributed by atoms with Crippen LogP contribution in [0.5, 0.6) is 5.75 Å². The molecule has 0 fully saturated rings. The van der Waals surface area contributed by atoms with Crippen molar-refractivity contribution < 1.29 is 40.3 Å². The first kappa shape index (κ1) is 28.4. The van der Waals surface area contributed by atoms with Crippen LogP contribution in [0.4, 0.5) is 27.6 Å². The minimum absolute atomic E-state index is 0.148. The number of carbonyl (C=O) groups is 1. The number of amides is 1. The summed E-state index contributed by atoms with van der Waals surface area (Å²) in [6.45, 7) is 6.75. The molecule has 5 nitrogen and oxygen atoms in total. The molecular formula is C25H21ClF5NO4S. The van der Waals surface area contributed by atoms with E-state index < -0.39 is 54.0 Å². The fourth-order valence-electron chi connectivity index (χ4n) is 3.70. The van der Waals surface area contributed by atoms with Gasteiger partial charge in [-0.25, -0.2) is 17.2 Å². The zero-order valence-electron chi connectivity index (χ0n) is 19.9. The van der Waals surface area contributed by atoms with Crippen molar-refractivity contribution in [3.05, 3.63) is 75.8 Å². The van der Waals surface area contributed by atoms with Crippen LogP contribution in [0, 0.1) is 18.6 Å². The molecular weight excluding hydrogens is 541 g/mol. The number of anilines is 1. The molecule has 0 aliphatic heterocycles. The zero-order chi connectivity index (χ0) is 28.1. The Morgan fingerprint density at radius 3 is 2.11 bits per heavy atom. The van der Waals surface area contributed by atoms with Gasteiger partial charge in [0.05, 0.1) is 15.5 Å². The van der Waals surface area contributed by atoms with E-state index in [0.29, 0.717) is 17.2 Å². The number of phenols is 1. The second-order valence-corrected chi connectivity index (χ2v) is 11.6. The number of alkyl halides is 3. The molecule has 0 saturated heterocycles. The molecule has 2 N–H and O–H groups in total. The van der Waals surface area contributed by atoms with Crippen molar-refractivity contribution in [2.24, 2.45) is 0 Å². The molecule has 0 saturated carbocycles. The van der Waals surface area contributed by atoms with Crippen LogP contribution in [0.15, 0.2) is 47.4 Å². The Morgan fingerprint density at radius 2 is 1.59 bits per heavy atom. The Hall–Kier alpha value is -3.18. The third kappa shape index (κ3) is 5.42. The van der Waals surface area contributed by atoms with Crippen molar-refractivity contribution in [1.29, 1.82) is 0 Å². The predicted octanol–water partition coefficient (Wildman–Crippen LogP) is 7.14. The Bertz CT molecular complexity index is 1510. The molecule has 198 valence electrons. The molecule has 0 unspecified atom stereocenters. The third-order valence-corrected chi connectivity index (χ3v) is 7.58. The number of halogens is 6. The topological polar surface area (TPSA) is 83.5 Å². The lowest BCUT2D eigenvalue weighted by Crippen LogP contribution is -2.23. The standard InChI is InChI=1S/C25H21ClF5NO4S/c1-12-15(13-5-7-18(27)19(28)9-13)11-16(24(2,3)4)22(33)21(12)23(34)32-14-6-8-20(17(26)10-14)37(35,36)25(29,30)31/h5-11,33H,1-4H3,(H,32,34). The van der Waals surface area contributed by atoms with Gasteiger partial charge in [0, 0.05) is 11.3 Å². The molecule has 0 aliphatic carbocycles. The summed E-state index contributed by atoms with van der Waals surface area (Å²) in [6.07, 6.45) is 0. The molecule has 0 heterocycles. The molecule has 37 heavy (non-hydrogen) atoms. The van der Waals surface area contributed by atoms with Gasteiger partial charge in [-0.1, -0.05) is 38.4 Å². The highest BCUT2D eigenvalue weighted by atomic mass is 35.5. The summed E-state index contributed by atoms with van der Waals surface area (Å²) in [5.41, 5.74) is -5.56. The first-order valence-electron chi connectivity index (χ1n) is 10.6. The van der Waals surface area contributed by atoms with Crippen molar-refractivity contribution in [3.63, 3.8) is 0 Å². The van der Waals surface area contributed by atoms with E-state index in [4.69, 9.17) is 11.6 Å². The molecule has 0 bridgehead atoms. The van der Waals surface area contributed by atoms with Gasteiger partial charge in [-0.3, -0.25) is 4.79 Å². The summed E-state index contributed by atoms with van der Waals surface area (Å²) >= 11 is 5.78. The van der Waals surface area contributed by atoms with Crippen molar-refractivity contribution >= 4 is 33.0 Å². The lowest BCUT2D eigenvalue weighted by atomic mass is 9.81. The van der Waals surface area contributed by atoms with Crippen LogP contribution in [-0.4, -0.2) is 24.9 Å². The van der Waals surface area contributed by atoms with Crippen LogP contribution in [0.25, 0.3) is 11.1 Å². The number of carbonyl (C=O) groups excluding carboxylic acids is 1. The number of hydrogen-bond acceptors (Lipinski definition) is 4. The minimum atomic E-state index is -5.72. The Labute approximate surface area is 214 Å². The average molecular weight is 562 g/mol. The Balaban J connectivity index is 2.13. The van der Waals surface area contributed by atoms with Gasteiger partial charge in [-0.15, -0.1) is 0 Å². The summed E-state index contributed by atoms with van der Waals surface area (Å²) in [5.74, 6) is -3.47. The summed E-state index contributed by atoms with van der Waals surface area (Å²) in [5, 5.41) is 12.6. The molecule has 0 radical (unpaired) electrons. The van der Waals surface area contributed by atoms with E-state index in [0.717, 1.165) is 24.3 Å². The maximum Gasteiger partial charge on any atom is 0.501 e. The van der Waals surface area contributed by atoms with Gasteiger partial charge < -0.3 is 10.4 Å². The van der Waals surface area contributed by atoms with E-state index in [1.54, 1.807) is 26.8 Å². The van der Waals surface area contributed by atoms with Gasteiger partial charge in [0.15, 0.2) is 11.6 Å². The summed E-state index contributed by atoms with van der Waals surface area (Å²) in [6, 6.07) is 7.08. The first-order valence-corrected chi connectivity index (χ1v) is 12.5. The van der Waals surface area contributed by atoms with Crippen LogP contribution >= 0.6 is 11.6 Å². The van der Waals surface area contributed by atoms with Crippen LogP contribution < -0.4 is 5.32 Å². The van der Waals surface area contributed by atoms with E-state index in [1.165, 1.54) is 13.0 Å². The van der Waals surface area contributed by atoms with Gasteiger partial charge in [0.2, 0.25) is 0 Å². The highest BCUT2D eigenvalue weighted by Crippen LogP contribution is 2.41. The second kappa shape index (κ2) is 9.60. The largest absolute Gasteiger partial charge is 0.507 e. The Morgan fingerprint density at radius 1 is 0.973 bits per heavy atom. The van der Waals surface area contributed by atoms with Gasteiger partial charge in [-0.05, 0) is 65.4 Å². The number of hydrogen-bond donors (Lipinski definition) is 2. The van der Waals surface area contributed by atoms with Crippen LogP contribution in [-0.2, 0) is 15.3 Å². The average Bonchev–Trinajstić information content (AvgIpc) is 2.74. The lowest BCUT2D eigenvalue weighted by molar-refractivity contribution is -0.0436. The predicted molar refractivity (Wildman–Crippen MR) is 130 cm³/mol.